The number of nitrogens with one attached hydrogen (secondary N) is 2. The second-order valence-corrected chi connectivity index (χ2v) is 8.74. The summed E-state index contributed by atoms with van der Waals surface area (Å²) < 4.78 is 67.2. The molecule has 14 heteroatoms. The molecular formula is C19H18ClF3N6O3S. The van der Waals surface area contributed by atoms with Crippen LogP contribution in [-0.2, 0) is 16.6 Å². The largest absolute Gasteiger partial charge is 0.481 e. The average molecular weight is 503 g/mol. The van der Waals surface area contributed by atoms with Crippen LogP contribution in [0.1, 0.15) is 12.5 Å². The van der Waals surface area contributed by atoms with Crippen molar-refractivity contribution in [1.29, 1.82) is 0 Å². The molecule has 9 nitrogen and oxygen atoms in total. The van der Waals surface area contributed by atoms with Crippen LogP contribution in [-0.4, -0.2) is 35.6 Å². The molecule has 0 radical (unpaired) electrons. The van der Waals surface area contributed by atoms with Crippen LogP contribution in [0, 0.1) is 0 Å². The number of hydrogen-bond donors (Lipinski definition) is 3. The molecule has 0 spiro atoms. The average Bonchev–Trinajstić information content (AvgIpc) is 2.73. The Labute approximate surface area is 192 Å². The minimum Gasteiger partial charge on any atom is -0.481 e. The van der Waals surface area contributed by atoms with E-state index in [1.165, 1.54) is 18.6 Å². The molecule has 1 aromatic carbocycles. The third-order valence-electron chi connectivity index (χ3n) is 4.24. The maximum atomic E-state index is 12.9. The zero-order chi connectivity index (χ0) is 24.2. The van der Waals surface area contributed by atoms with Crippen LogP contribution < -0.4 is 20.5 Å². The molecule has 176 valence electrons. The molecule has 4 N–H and O–H groups in total. The highest BCUT2D eigenvalue weighted by Gasteiger charge is 2.38. The number of aromatic nitrogens is 3. The third-order valence-corrected chi connectivity index (χ3v) is 5.37. The second kappa shape index (κ2) is 9.77. The van der Waals surface area contributed by atoms with Crippen molar-refractivity contribution in [2.75, 3.05) is 10.6 Å². The molecule has 0 saturated carbocycles. The molecule has 1 atom stereocenters. The highest BCUT2D eigenvalue weighted by Crippen LogP contribution is 2.29. The molecule has 1 unspecified atom stereocenters. The van der Waals surface area contributed by atoms with Crippen LogP contribution in [0.3, 0.4) is 0 Å². The van der Waals surface area contributed by atoms with Crippen molar-refractivity contribution in [2.24, 2.45) is 5.14 Å². The third kappa shape index (κ3) is 6.91. The van der Waals surface area contributed by atoms with Gasteiger partial charge < -0.3 is 15.4 Å². The van der Waals surface area contributed by atoms with Gasteiger partial charge >= 0.3 is 6.18 Å². The lowest BCUT2D eigenvalue weighted by atomic mass is 10.2. The van der Waals surface area contributed by atoms with Gasteiger partial charge in [0.05, 0.1) is 9.92 Å². The summed E-state index contributed by atoms with van der Waals surface area (Å²) in [5, 5.41) is 11.5. The van der Waals surface area contributed by atoms with Crippen molar-refractivity contribution < 1.29 is 26.3 Å². The topological polar surface area (TPSA) is 132 Å². The Hall–Kier alpha value is -3.16. The van der Waals surface area contributed by atoms with Crippen molar-refractivity contribution in [1.82, 2.24) is 15.0 Å². The highest BCUT2D eigenvalue weighted by molar-refractivity contribution is 7.89. The number of ether oxygens (including phenoxy) is 1. The summed E-state index contributed by atoms with van der Waals surface area (Å²) in [5.74, 6) is 0.999. The molecular weight excluding hydrogens is 485 g/mol. The van der Waals surface area contributed by atoms with Crippen LogP contribution in [0.2, 0.25) is 5.02 Å². The van der Waals surface area contributed by atoms with Gasteiger partial charge in [-0.3, -0.25) is 0 Å². The van der Waals surface area contributed by atoms with Gasteiger partial charge in [-0.1, -0.05) is 11.6 Å². The zero-order valence-electron chi connectivity index (χ0n) is 17.0. The summed E-state index contributed by atoms with van der Waals surface area (Å²) in [6.45, 7) is 0.733. The number of anilines is 3. The number of alkyl halides is 3. The predicted octanol–water partition coefficient (Wildman–Crippen LogP) is 3.86. The minimum atomic E-state index is -4.60. The molecule has 0 saturated heterocycles. The number of sulfonamides is 1. The van der Waals surface area contributed by atoms with Gasteiger partial charge in [-0.25, -0.2) is 28.5 Å². The molecule has 33 heavy (non-hydrogen) atoms. The fourth-order valence-corrected chi connectivity index (χ4v) is 3.21. The summed E-state index contributed by atoms with van der Waals surface area (Å²) in [4.78, 5) is 11.9. The molecule has 0 bridgehead atoms. The Kier molecular flexibility index (Phi) is 7.25. The Balaban J connectivity index is 1.81. The number of benzene rings is 1. The first-order chi connectivity index (χ1) is 15.4. The lowest BCUT2D eigenvalue weighted by molar-refractivity contribution is -0.189. The minimum absolute atomic E-state index is 0.112. The normalized spacial score (nSPS) is 12.8. The van der Waals surface area contributed by atoms with E-state index >= 15 is 0 Å². The van der Waals surface area contributed by atoms with Gasteiger partial charge in [0.1, 0.15) is 29.5 Å². The van der Waals surface area contributed by atoms with Crippen LogP contribution >= 0.6 is 11.6 Å². The number of rotatable bonds is 8. The number of hydrogen-bond acceptors (Lipinski definition) is 8. The van der Waals surface area contributed by atoms with Crippen LogP contribution in [0.25, 0.3) is 0 Å². The molecule has 0 aliphatic rings. The first-order valence-electron chi connectivity index (χ1n) is 9.25. The molecule has 0 aliphatic carbocycles. The van der Waals surface area contributed by atoms with E-state index in [-0.39, 0.29) is 22.8 Å². The monoisotopic (exact) mass is 502 g/mol. The van der Waals surface area contributed by atoms with Gasteiger partial charge in [0.15, 0.2) is 6.10 Å². The van der Waals surface area contributed by atoms with E-state index in [0.717, 1.165) is 25.1 Å². The van der Waals surface area contributed by atoms with Crippen molar-refractivity contribution in [3.8, 4) is 5.75 Å². The fourth-order valence-electron chi connectivity index (χ4n) is 2.53. The number of halogens is 4. The Morgan fingerprint density at radius 2 is 1.82 bits per heavy atom. The summed E-state index contributed by atoms with van der Waals surface area (Å²) in [5.41, 5.74) is 0.130. The van der Waals surface area contributed by atoms with E-state index in [9.17, 15) is 21.6 Å². The number of primary sulfonamides is 1. The van der Waals surface area contributed by atoms with Gasteiger partial charge in [-0.15, -0.1) is 0 Å². The zero-order valence-corrected chi connectivity index (χ0v) is 18.5. The van der Waals surface area contributed by atoms with Crippen molar-refractivity contribution in [2.45, 2.75) is 30.6 Å². The van der Waals surface area contributed by atoms with E-state index < -0.39 is 22.3 Å². The number of pyridine rings is 1. The maximum Gasteiger partial charge on any atom is 0.425 e. The lowest BCUT2D eigenvalue weighted by Crippen LogP contribution is -2.31. The fraction of sp³-hybridized carbons (Fsp3) is 0.211. The molecule has 2 aromatic heterocycles. The smallest absolute Gasteiger partial charge is 0.425 e. The molecule has 0 fully saturated rings. The number of nitrogens with zero attached hydrogens (tertiary/aromatic N) is 3. The van der Waals surface area contributed by atoms with E-state index in [0.29, 0.717) is 22.5 Å². The van der Waals surface area contributed by atoms with Crippen molar-refractivity contribution in [3.63, 3.8) is 0 Å². The van der Waals surface area contributed by atoms with Crippen LogP contribution in [0.4, 0.5) is 30.6 Å². The first kappa shape index (κ1) is 24.5. The maximum absolute atomic E-state index is 12.9. The van der Waals surface area contributed by atoms with E-state index in [1.807, 2.05) is 0 Å². The highest BCUT2D eigenvalue weighted by atomic mass is 35.5. The Morgan fingerprint density at radius 1 is 1.09 bits per heavy atom. The summed E-state index contributed by atoms with van der Waals surface area (Å²) in [6, 6.07) is 8.14. The van der Waals surface area contributed by atoms with Crippen molar-refractivity contribution in [3.05, 3.63) is 59.5 Å². The van der Waals surface area contributed by atoms with Gasteiger partial charge in [-0.05, 0) is 37.3 Å². The van der Waals surface area contributed by atoms with Gasteiger partial charge in [0, 0.05) is 24.4 Å². The van der Waals surface area contributed by atoms with Gasteiger partial charge in [0.25, 0.3) is 0 Å². The van der Waals surface area contributed by atoms with E-state index in [2.05, 4.69) is 25.6 Å². The van der Waals surface area contributed by atoms with Crippen LogP contribution in [0.15, 0.2) is 53.8 Å². The Bertz CT molecular complexity index is 1230. The number of nitrogens with two attached hydrogens (primary N) is 1. The standard InChI is InChI=1S/C19H18ClF3N6O3S/c1-11(19(21,22)23)32-15-4-3-14(33(24,30)31)6-12(15)8-25-17-7-18(28-10-27-17)29-16-5-2-13(20)9-26-16/h2-7,9-11H,8H2,1H3,(H2,24,30,31)(H2,25,26,27,28,29). The lowest BCUT2D eigenvalue weighted by Gasteiger charge is -2.20. The van der Waals surface area contributed by atoms with E-state index in [4.69, 9.17) is 21.5 Å². The van der Waals surface area contributed by atoms with Crippen molar-refractivity contribution >= 4 is 39.1 Å². The summed E-state index contributed by atoms with van der Waals surface area (Å²) >= 11 is 5.80. The molecule has 3 aromatic rings. The first-order valence-corrected chi connectivity index (χ1v) is 11.2. The molecule has 3 rings (SSSR count). The van der Waals surface area contributed by atoms with Gasteiger partial charge in [-0.2, -0.15) is 13.2 Å². The van der Waals surface area contributed by atoms with E-state index in [1.54, 1.807) is 12.1 Å². The SMILES string of the molecule is CC(Oc1ccc(S(N)(=O)=O)cc1CNc1cc(Nc2ccc(Cl)cn2)ncn1)C(F)(F)F. The predicted molar refractivity (Wildman–Crippen MR) is 116 cm³/mol. The Morgan fingerprint density at radius 3 is 2.45 bits per heavy atom. The quantitative estimate of drug-likeness (QED) is 0.423. The molecule has 2 heterocycles. The summed E-state index contributed by atoms with van der Waals surface area (Å²) in [7, 11) is -4.08. The van der Waals surface area contributed by atoms with Crippen LogP contribution in [0.5, 0.6) is 5.75 Å². The molecule has 0 amide bonds. The second-order valence-electron chi connectivity index (χ2n) is 6.74. The van der Waals surface area contributed by atoms with Gasteiger partial charge in [0.2, 0.25) is 10.0 Å². The summed E-state index contributed by atoms with van der Waals surface area (Å²) in [6.07, 6.45) is -4.01. The molecule has 0 aliphatic heterocycles.